The third-order valence-electron chi connectivity index (χ3n) is 15.9. The van der Waals surface area contributed by atoms with Gasteiger partial charge in [-0.2, -0.15) is 0 Å². The van der Waals surface area contributed by atoms with E-state index in [0.717, 1.165) is 109 Å². The van der Waals surface area contributed by atoms with Gasteiger partial charge >= 0.3 is 39.5 Å². The van der Waals surface area contributed by atoms with E-state index in [1.54, 1.807) is 0 Å². The van der Waals surface area contributed by atoms with Gasteiger partial charge in [0.2, 0.25) is 0 Å². The number of aliphatic hydroxyl groups excluding tert-OH is 1. The normalized spacial score (nSPS) is 14.2. The lowest BCUT2D eigenvalue weighted by Gasteiger charge is -2.21. The molecule has 0 aromatic carbocycles. The molecule has 0 aliphatic heterocycles. The van der Waals surface area contributed by atoms with E-state index in [1.165, 1.54) is 154 Å². The van der Waals surface area contributed by atoms with Crippen molar-refractivity contribution in [2.75, 3.05) is 39.6 Å². The van der Waals surface area contributed by atoms with Gasteiger partial charge in [-0.05, 0) is 57.3 Å². The highest BCUT2D eigenvalue weighted by molar-refractivity contribution is 7.47. The average Bonchev–Trinajstić information content (AvgIpc) is 3.72. The summed E-state index contributed by atoms with van der Waals surface area (Å²) in [5.41, 5.74) is 0. The summed E-state index contributed by atoms with van der Waals surface area (Å²) in [6.07, 6.45) is 53.4. The van der Waals surface area contributed by atoms with Crippen molar-refractivity contribution in [3.8, 4) is 0 Å². The van der Waals surface area contributed by atoms with Crippen LogP contribution in [0.25, 0.3) is 0 Å². The number of aliphatic hydroxyl groups is 1. The largest absolute Gasteiger partial charge is 0.472 e. The highest BCUT2D eigenvalue weighted by atomic mass is 31.2. The number of carbonyl (C=O) groups excluding carboxylic acids is 4. The second-order valence-electron chi connectivity index (χ2n) is 25.4. The first-order valence-electron chi connectivity index (χ1n) is 36.5. The molecule has 0 spiro atoms. The van der Waals surface area contributed by atoms with Crippen LogP contribution in [0.1, 0.15) is 343 Å². The molecular weight excluding hydrogens is 1190 g/mol. The maximum Gasteiger partial charge on any atom is 0.472 e. The van der Waals surface area contributed by atoms with Crippen molar-refractivity contribution in [2.24, 2.45) is 5.92 Å². The van der Waals surface area contributed by atoms with Gasteiger partial charge in [0.15, 0.2) is 12.2 Å². The fraction of sp³-hybridized carbons (Fsp3) is 0.887. The molecule has 530 valence electrons. The smallest absolute Gasteiger partial charge is 0.462 e. The van der Waals surface area contributed by atoms with Gasteiger partial charge in [-0.3, -0.25) is 37.3 Å². The number of phosphoric acid groups is 2. The van der Waals surface area contributed by atoms with Crippen LogP contribution in [0.3, 0.4) is 0 Å². The minimum atomic E-state index is -4.96. The van der Waals surface area contributed by atoms with Crippen molar-refractivity contribution in [3.63, 3.8) is 0 Å². The van der Waals surface area contributed by atoms with Crippen LogP contribution >= 0.6 is 15.6 Å². The van der Waals surface area contributed by atoms with Gasteiger partial charge in [-0.1, -0.05) is 290 Å². The number of rotatable bonds is 69. The Balaban J connectivity index is 5.28. The molecule has 0 saturated carbocycles. The molecule has 0 bridgehead atoms. The molecule has 5 atom stereocenters. The van der Waals surface area contributed by atoms with Gasteiger partial charge < -0.3 is 33.8 Å². The summed E-state index contributed by atoms with van der Waals surface area (Å²) in [6.45, 7) is 7.17. The topological polar surface area (TPSA) is 237 Å². The van der Waals surface area contributed by atoms with Crippen LogP contribution in [0.15, 0.2) is 24.3 Å². The van der Waals surface area contributed by atoms with E-state index in [9.17, 15) is 43.2 Å². The number of hydrogen-bond acceptors (Lipinski definition) is 15. The molecule has 2 unspecified atom stereocenters. The van der Waals surface area contributed by atoms with E-state index in [2.05, 4.69) is 58.9 Å². The van der Waals surface area contributed by atoms with Crippen LogP contribution in [-0.2, 0) is 65.4 Å². The maximum absolute atomic E-state index is 13.0. The molecule has 0 fully saturated rings. The van der Waals surface area contributed by atoms with Crippen molar-refractivity contribution in [1.82, 2.24) is 0 Å². The summed E-state index contributed by atoms with van der Waals surface area (Å²) in [6, 6.07) is 0. The number of hydrogen-bond donors (Lipinski definition) is 3. The molecule has 0 rings (SSSR count). The Labute approximate surface area is 548 Å². The van der Waals surface area contributed by atoms with Crippen LogP contribution in [0.4, 0.5) is 0 Å². The zero-order valence-electron chi connectivity index (χ0n) is 57.8. The lowest BCUT2D eigenvalue weighted by Crippen LogP contribution is -2.30. The van der Waals surface area contributed by atoms with E-state index in [-0.39, 0.29) is 25.7 Å². The molecule has 0 radical (unpaired) electrons. The number of phosphoric ester groups is 2. The van der Waals surface area contributed by atoms with Gasteiger partial charge in [0.25, 0.3) is 0 Å². The average molecular weight is 1320 g/mol. The Morgan fingerprint density at radius 1 is 0.344 bits per heavy atom. The first-order chi connectivity index (χ1) is 43.5. The van der Waals surface area contributed by atoms with Crippen molar-refractivity contribution >= 4 is 39.5 Å². The fourth-order valence-electron chi connectivity index (χ4n) is 10.3. The monoisotopic (exact) mass is 1320 g/mol. The van der Waals surface area contributed by atoms with Crippen molar-refractivity contribution in [3.05, 3.63) is 24.3 Å². The zero-order valence-corrected chi connectivity index (χ0v) is 59.5. The van der Waals surface area contributed by atoms with Gasteiger partial charge in [0.05, 0.1) is 26.4 Å². The predicted molar refractivity (Wildman–Crippen MR) is 363 cm³/mol. The Bertz CT molecular complexity index is 1830. The summed E-state index contributed by atoms with van der Waals surface area (Å²) in [7, 11) is -9.91. The summed E-state index contributed by atoms with van der Waals surface area (Å²) in [5.74, 6) is -1.40. The molecule has 0 aliphatic carbocycles. The Morgan fingerprint density at radius 3 is 0.911 bits per heavy atom. The molecule has 0 aliphatic rings. The third kappa shape index (κ3) is 64.3. The molecule has 19 heteroatoms. The predicted octanol–water partition coefficient (Wildman–Crippen LogP) is 20.1. The summed E-state index contributed by atoms with van der Waals surface area (Å²) >= 11 is 0. The Morgan fingerprint density at radius 2 is 0.600 bits per heavy atom. The molecule has 90 heavy (non-hydrogen) atoms. The first-order valence-corrected chi connectivity index (χ1v) is 39.4. The van der Waals surface area contributed by atoms with E-state index >= 15 is 0 Å². The molecule has 0 heterocycles. The quantitative estimate of drug-likeness (QED) is 0.0169. The Hall–Kier alpha value is -2.46. The summed E-state index contributed by atoms with van der Waals surface area (Å²) in [5, 5.41) is 10.6. The third-order valence-corrected chi connectivity index (χ3v) is 17.8. The van der Waals surface area contributed by atoms with Gasteiger partial charge in [-0.15, -0.1) is 0 Å². The Kier molecular flexibility index (Phi) is 62.2. The molecule has 3 N–H and O–H groups in total. The molecule has 0 amide bonds. The SMILES string of the molecule is CCCCCC/C=C\C=C/CCCCCCCC(=O)O[C@H](COC(=O)CCCCCCCCCCCCC(C)C)COP(=O)(O)OC[C@@H](O)COP(=O)(O)OC[C@@H](COC(=O)CCCCCCCCCCC)OC(=O)CCCCCCCCCCCCCCC. The fourth-order valence-corrected chi connectivity index (χ4v) is 11.9. The van der Waals surface area contributed by atoms with Crippen LogP contribution < -0.4 is 0 Å². The highest BCUT2D eigenvalue weighted by Gasteiger charge is 2.30. The van der Waals surface area contributed by atoms with Gasteiger partial charge in [-0.25, -0.2) is 9.13 Å². The van der Waals surface area contributed by atoms with Crippen LogP contribution in [0.5, 0.6) is 0 Å². The number of unbranched alkanes of at least 4 members (excludes halogenated alkanes) is 38. The summed E-state index contributed by atoms with van der Waals surface area (Å²) in [4.78, 5) is 72.5. The number of ether oxygens (including phenoxy) is 4. The highest BCUT2D eigenvalue weighted by Crippen LogP contribution is 2.45. The van der Waals surface area contributed by atoms with Crippen molar-refractivity contribution < 1.29 is 80.2 Å². The second kappa shape index (κ2) is 63.9. The number of carbonyl (C=O) groups is 4. The van der Waals surface area contributed by atoms with Crippen LogP contribution in [0, 0.1) is 5.92 Å². The van der Waals surface area contributed by atoms with Crippen molar-refractivity contribution in [2.45, 2.75) is 361 Å². The standard InChI is InChI=1S/C71H134O17P2/c1-6-9-12-15-18-21-23-25-26-28-30-37-42-47-52-57-71(76)88-67(61-82-69(74)55-50-45-40-35-32-31-34-38-43-48-53-64(4)5)63-86-90(79,80)84-59-65(72)58-83-89(77,78)85-62-66(60-81-68(73)54-49-44-39-33-20-17-14-11-8-3)87-70(75)56-51-46-41-36-29-27-24-22-19-16-13-10-7-2/h21,23,25-26,64-67,72H,6-20,22,24,27-63H2,1-5H3,(H,77,78)(H,79,80)/b23-21-,26-25-/t65-,66+,67+/m0/s1. The lowest BCUT2D eigenvalue weighted by molar-refractivity contribution is -0.161. The summed E-state index contributed by atoms with van der Waals surface area (Å²) < 4.78 is 68.2. The van der Waals surface area contributed by atoms with Crippen LogP contribution in [0.2, 0.25) is 0 Å². The molecular formula is C71H134O17P2. The van der Waals surface area contributed by atoms with Gasteiger partial charge in [0.1, 0.15) is 19.3 Å². The van der Waals surface area contributed by atoms with E-state index in [1.807, 2.05) is 0 Å². The first kappa shape index (κ1) is 87.5. The minimum absolute atomic E-state index is 0.0850. The molecule has 0 saturated heterocycles. The van der Waals surface area contributed by atoms with Crippen LogP contribution in [-0.4, -0.2) is 96.7 Å². The molecule has 0 aromatic rings. The van der Waals surface area contributed by atoms with Crippen molar-refractivity contribution in [1.29, 1.82) is 0 Å². The number of allylic oxidation sites excluding steroid dienone is 4. The van der Waals surface area contributed by atoms with E-state index < -0.39 is 97.5 Å². The minimum Gasteiger partial charge on any atom is -0.462 e. The van der Waals surface area contributed by atoms with Gasteiger partial charge in [0, 0.05) is 25.7 Å². The second-order valence-corrected chi connectivity index (χ2v) is 28.3. The molecule has 17 nitrogen and oxygen atoms in total. The molecule has 0 aromatic heterocycles. The van der Waals surface area contributed by atoms with E-state index in [4.69, 9.17) is 37.0 Å². The maximum atomic E-state index is 13.0. The lowest BCUT2D eigenvalue weighted by atomic mass is 10.0. The number of esters is 4. The van der Waals surface area contributed by atoms with E-state index in [0.29, 0.717) is 25.7 Å². The zero-order chi connectivity index (χ0) is 66.3.